The zero-order valence-corrected chi connectivity index (χ0v) is 13.8. The van der Waals surface area contributed by atoms with Gasteiger partial charge in [0.25, 0.3) is 5.91 Å². The highest BCUT2D eigenvalue weighted by Gasteiger charge is 2.16. The van der Waals surface area contributed by atoms with Crippen molar-refractivity contribution >= 4 is 38.9 Å². The fourth-order valence-corrected chi connectivity index (χ4v) is 3.36. The van der Waals surface area contributed by atoms with Gasteiger partial charge in [0, 0.05) is 40.7 Å². The topological polar surface area (TPSA) is 45.2 Å². The van der Waals surface area contributed by atoms with Gasteiger partial charge in [-0.3, -0.25) is 9.78 Å². The van der Waals surface area contributed by atoms with Crippen LogP contribution in [-0.4, -0.2) is 29.4 Å². The average Bonchev–Trinajstić information content (AvgIpc) is 2.84. The molecule has 0 atom stereocenters. The maximum Gasteiger partial charge on any atom is 0.257 e. The number of thiophene rings is 1. The van der Waals surface area contributed by atoms with Crippen LogP contribution >= 0.6 is 27.3 Å². The van der Waals surface area contributed by atoms with E-state index in [1.165, 1.54) is 0 Å². The lowest BCUT2D eigenvalue weighted by molar-refractivity contribution is 0.0787. The number of carbonyl (C=O) groups excluding carboxylic acids is 1. The molecular formula is C14H16BrN3OS. The van der Waals surface area contributed by atoms with Gasteiger partial charge in [0.2, 0.25) is 0 Å². The molecule has 0 spiro atoms. The second-order valence-electron chi connectivity index (χ2n) is 4.34. The van der Waals surface area contributed by atoms with E-state index in [0.717, 1.165) is 21.6 Å². The molecule has 6 heteroatoms. The quantitative estimate of drug-likeness (QED) is 0.892. The van der Waals surface area contributed by atoms with E-state index in [4.69, 9.17) is 0 Å². The highest BCUT2D eigenvalue weighted by Crippen LogP contribution is 2.22. The molecule has 0 saturated carbocycles. The van der Waals surface area contributed by atoms with Crippen molar-refractivity contribution in [3.8, 4) is 0 Å². The summed E-state index contributed by atoms with van der Waals surface area (Å²) >= 11 is 5.06. The Morgan fingerprint density at radius 1 is 1.55 bits per heavy atom. The number of nitrogens with one attached hydrogen (secondary N) is 1. The average molecular weight is 354 g/mol. The molecule has 0 radical (unpaired) electrons. The summed E-state index contributed by atoms with van der Waals surface area (Å²) < 4.78 is 1.05. The van der Waals surface area contributed by atoms with Crippen molar-refractivity contribution in [3.63, 3.8) is 0 Å². The molecule has 4 nitrogen and oxygen atoms in total. The number of aromatic nitrogens is 1. The number of pyridine rings is 1. The molecule has 0 aliphatic carbocycles. The normalized spacial score (nSPS) is 10.3. The van der Waals surface area contributed by atoms with E-state index in [0.29, 0.717) is 12.1 Å². The summed E-state index contributed by atoms with van der Waals surface area (Å²) in [5.41, 5.74) is 1.43. The first-order valence-corrected chi connectivity index (χ1v) is 7.95. The van der Waals surface area contributed by atoms with Gasteiger partial charge in [0.15, 0.2) is 0 Å². The Bertz CT molecular complexity index is 600. The smallest absolute Gasteiger partial charge is 0.257 e. The summed E-state index contributed by atoms with van der Waals surface area (Å²) in [7, 11) is 1.80. The Morgan fingerprint density at radius 3 is 3.00 bits per heavy atom. The van der Waals surface area contributed by atoms with Crippen LogP contribution in [0.3, 0.4) is 0 Å². The number of anilines is 1. The van der Waals surface area contributed by atoms with E-state index in [1.807, 2.05) is 24.4 Å². The zero-order chi connectivity index (χ0) is 14.5. The summed E-state index contributed by atoms with van der Waals surface area (Å²) in [5.74, 6) is -0.0291. The summed E-state index contributed by atoms with van der Waals surface area (Å²) in [4.78, 5) is 19.4. The van der Waals surface area contributed by atoms with Crippen LogP contribution in [0.1, 0.15) is 22.2 Å². The second-order valence-corrected chi connectivity index (χ2v) is 6.26. The van der Waals surface area contributed by atoms with E-state index >= 15 is 0 Å². The van der Waals surface area contributed by atoms with Crippen LogP contribution < -0.4 is 5.32 Å². The van der Waals surface area contributed by atoms with Gasteiger partial charge in [0.05, 0.1) is 17.8 Å². The monoisotopic (exact) mass is 353 g/mol. The second kappa shape index (κ2) is 6.85. The van der Waals surface area contributed by atoms with Crippen molar-refractivity contribution in [1.29, 1.82) is 0 Å². The number of amides is 1. The number of carbonyl (C=O) groups is 1. The standard InChI is InChI=1S/C14H16BrN3OS/c1-3-17-13-4-5-16-7-12(13)14(19)18(2)8-11-6-10(15)9-20-11/h4-7,9H,3,8H2,1-2H3,(H,16,17). The first kappa shape index (κ1) is 15.0. The van der Waals surface area contributed by atoms with Crippen molar-refractivity contribution < 1.29 is 4.79 Å². The van der Waals surface area contributed by atoms with Gasteiger partial charge in [-0.2, -0.15) is 0 Å². The SMILES string of the molecule is CCNc1ccncc1C(=O)N(C)Cc1cc(Br)cs1. The van der Waals surface area contributed by atoms with Gasteiger partial charge < -0.3 is 10.2 Å². The third-order valence-electron chi connectivity index (χ3n) is 2.78. The number of halogens is 1. The molecule has 0 fully saturated rings. The van der Waals surface area contributed by atoms with Crippen molar-refractivity contribution in [2.45, 2.75) is 13.5 Å². The summed E-state index contributed by atoms with van der Waals surface area (Å²) in [6.45, 7) is 3.36. The van der Waals surface area contributed by atoms with E-state index in [9.17, 15) is 4.79 Å². The molecule has 2 heterocycles. The van der Waals surface area contributed by atoms with Crippen molar-refractivity contribution in [3.05, 3.63) is 44.8 Å². The summed E-state index contributed by atoms with van der Waals surface area (Å²) in [5, 5.41) is 5.20. The van der Waals surface area contributed by atoms with Gasteiger partial charge in [-0.25, -0.2) is 0 Å². The molecule has 0 saturated heterocycles. The van der Waals surface area contributed by atoms with Gasteiger partial charge in [-0.1, -0.05) is 0 Å². The highest BCUT2D eigenvalue weighted by atomic mass is 79.9. The molecule has 0 aliphatic rings. The number of nitrogens with zero attached hydrogens (tertiary/aromatic N) is 2. The summed E-state index contributed by atoms with van der Waals surface area (Å²) in [6, 6.07) is 3.86. The molecule has 0 aliphatic heterocycles. The van der Waals surface area contributed by atoms with E-state index in [2.05, 4.69) is 26.2 Å². The third-order valence-corrected chi connectivity index (χ3v) is 4.46. The van der Waals surface area contributed by atoms with E-state index in [1.54, 1.807) is 35.7 Å². The first-order valence-electron chi connectivity index (χ1n) is 6.28. The van der Waals surface area contributed by atoms with Crippen molar-refractivity contribution in [1.82, 2.24) is 9.88 Å². The first-order chi connectivity index (χ1) is 9.61. The minimum atomic E-state index is -0.0291. The molecule has 2 rings (SSSR count). The lowest BCUT2D eigenvalue weighted by Crippen LogP contribution is -2.26. The van der Waals surface area contributed by atoms with Gasteiger partial charge in [-0.15, -0.1) is 11.3 Å². The molecule has 0 bridgehead atoms. The molecular weight excluding hydrogens is 338 g/mol. The maximum absolute atomic E-state index is 12.5. The minimum absolute atomic E-state index is 0.0291. The van der Waals surface area contributed by atoms with Crippen LogP contribution in [0.4, 0.5) is 5.69 Å². The number of hydrogen-bond acceptors (Lipinski definition) is 4. The van der Waals surface area contributed by atoms with Gasteiger partial charge >= 0.3 is 0 Å². The van der Waals surface area contributed by atoms with Crippen LogP contribution in [0, 0.1) is 0 Å². The molecule has 0 aromatic carbocycles. The zero-order valence-electron chi connectivity index (χ0n) is 11.4. The van der Waals surface area contributed by atoms with Crippen molar-refractivity contribution in [2.24, 2.45) is 0 Å². The van der Waals surface area contributed by atoms with Crippen LogP contribution in [0.5, 0.6) is 0 Å². The van der Waals surface area contributed by atoms with Crippen LogP contribution in [0.15, 0.2) is 34.4 Å². The fraction of sp³-hybridized carbons (Fsp3) is 0.286. The molecule has 2 aromatic heterocycles. The number of hydrogen-bond donors (Lipinski definition) is 1. The predicted octanol–water partition coefficient (Wildman–Crippen LogP) is 3.61. The van der Waals surface area contributed by atoms with E-state index < -0.39 is 0 Å². The number of rotatable bonds is 5. The Labute approximate surface area is 131 Å². The Balaban J connectivity index is 2.14. The molecule has 2 aromatic rings. The van der Waals surface area contributed by atoms with Gasteiger partial charge in [-0.05, 0) is 35.0 Å². The van der Waals surface area contributed by atoms with Crippen molar-refractivity contribution in [2.75, 3.05) is 18.9 Å². The predicted molar refractivity (Wildman–Crippen MR) is 86.2 cm³/mol. The lowest BCUT2D eigenvalue weighted by atomic mass is 10.2. The van der Waals surface area contributed by atoms with E-state index in [-0.39, 0.29) is 5.91 Å². The maximum atomic E-state index is 12.5. The minimum Gasteiger partial charge on any atom is -0.385 e. The fourth-order valence-electron chi connectivity index (χ4n) is 1.86. The molecule has 106 valence electrons. The molecule has 0 unspecified atom stereocenters. The largest absolute Gasteiger partial charge is 0.385 e. The molecule has 1 amide bonds. The van der Waals surface area contributed by atoms with Crippen LogP contribution in [0.2, 0.25) is 0 Å². The Kier molecular flexibility index (Phi) is 5.14. The molecule has 20 heavy (non-hydrogen) atoms. The Hall–Kier alpha value is -1.40. The highest BCUT2D eigenvalue weighted by molar-refractivity contribution is 9.10. The Morgan fingerprint density at radius 2 is 2.35 bits per heavy atom. The van der Waals surface area contributed by atoms with Gasteiger partial charge in [0.1, 0.15) is 0 Å². The third kappa shape index (κ3) is 3.58. The van der Waals surface area contributed by atoms with Crippen LogP contribution in [0.25, 0.3) is 0 Å². The van der Waals surface area contributed by atoms with Crippen LogP contribution in [-0.2, 0) is 6.54 Å². The lowest BCUT2D eigenvalue weighted by Gasteiger charge is -2.18. The summed E-state index contributed by atoms with van der Waals surface area (Å²) in [6.07, 6.45) is 3.30. The molecule has 1 N–H and O–H groups in total.